The van der Waals surface area contributed by atoms with Crippen LogP contribution < -0.4 is 0 Å². The molecular formula is C33H26O21. The van der Waals surface area contributed by atoms with Crippen LogP contribution in [0.1, 0.15) is 41.4 Å². The molecule has 0 aliphatic carbocycles. The lowest BCUT2D eigenvalue weighted by molar-refractivity contribution is -0.250. The van der Waals surface area contributed by atoms with Crippen molar-refractivity contribution in [1.82, 2.24) is 0 Å². The smallest absolute Gasteiger partial charge is 0.340 e. The summed E-state index contributed by atoms with van der Waals surface area (Å²) in [6.45, 7) is -0.898. The van der Waals surface area contributed by atoms with E-state index in [9.17, 15) is 80.5 Å². The molecular weight excluding hydrogens is 732 g/mol. The number of benzene rings is 4. The Labute approximate surface area is 299 Å². The highest BCUT2D eigenvalue weighted by atomic mass is 16.7. The molecule has 284 valence electrons. The van der Waals surface area contributed by atoms with Crippen molar-refractivity contribution >= 4 is 23.9 Å². The lowest BCUT2D eigenvalue weighted by Crippen LogP contribution is -2.58. The molecule has 4 aromatic carbocycles. The van der Waals surface area contributed by atoms with E-state index in [2.05, 4.69) is 0 Å². The number of rotatable bonds is 8. The minimum absolute atomic E-state index is 0.606. The molecule has 1 aliphatic heterocycles. The van der Waals surface area contributed by atoms with Crippen molar-refractivity contribution in [2.75, 3.05) is 6.61 Å². The normalized spacial score (nSPS) is 17.9. The number of aromatic hydroxyl groups is 12. The van der Waals surface area contributed by atoms with Crippen LogP contribution in [0, 0.1) is 0 Å². The topological polar surface area (TPSA) is 357 Å². The molecule has 0 saturated carbocycles. The molecule has 0 spiro atoms. The Morgan fingerprint density at radius 2 is 0.667 bits per heavy atom. The average molecular weight is 759 g/mol. The second kappa shape index (κ2) is 14.5. The number of esters is 4. The average Bonchev–Trinajstić information content (AvgIpc) is 3.11. The van der Waals surface area contributed by atoms with Crippen molar-refractivity contribution in [3.8, 4) is 69.0 Å². The summed E-state index contributed by atoms with van der Waals surface area (Å²) in [5.41, 5.74) is -2.59. The SMILES string of the molecule is O=C(O[C@@H]1OC[C@@H](OC(=O)c2cc(O)c(O)c(O)c2)[C@@H](OC(=O)c2cc(O)c(O)c(O)c2)[C@H]1OC(=O)c1cc(O)c(O)c(O)c1)c1cc(O)c(O)c(O)c1. The highest BCUT2D eigenvalue weighted by Crippen LogP contribution is 2.40. The monoisotopic (exact) mass is 758 g/mol. The fourth-order valence-electron chi connectivity index (χ4n) is 4.86. The van der Waals surface area contributed by atoms with E-state index in [0.29, 0.717) is 48.5 Å². The maximum atomic E-state index is 13.4. The molecule has 0 aromatic heterocycles. The van der Waals surface area contributed by atoms with E-state index in [4.69, 9.17) is 23.7 Å². The van der Waals surface area contributed by atoms with Gasteiger partial charge in [-0.05, 0) is 48.5 Å². The number of phenols is 12. The molecule has 1 heterocycles. The summed E-state index contributed by atoms with van der Waals surface area (Å²) in [6, 6.07) is 5.13. The number of carbonyl (C=O) groups is 4. The van der Waals surface area contributed by atoms with E-state index in [-0.39, 0.29) is 0 Å². The summed E-state index contributed by atoms with van der Waals surface area (Å²) in [6.07, 6.45) is -8.50. The first-order chi connectivity index (χ1) is 25.4. The number of phenolic OH excluding ortho intramolecular Hbond substituents is 12. The molecule has 5 rings (SSSR count). The Hall–Kier alpha value is -7.68. The van der Waals surface area contributed by atoms with Gasteiger partial charge in [-0.2, -0.15) is 0 Å². The van der Waals surface area contributed by atoms with Gasteiger partial charge in [0.05, 0.1) is 28.9 Å². The van der Waals surface area contributed by atoms with Crippen molar-refractivity contribution < 1.29 is 104 Å². The standard InChI is InChI=1S/C33H26O21/c34-14-1-10(2-15(35)23(14)42)29(46)51-22-9-50-33(54-32(49)13-7-20(40)26(45)21(41)8-13)28(53-31(48)12-5-18(38)25(44)19(39)6-12)27(22)52-30(47)11-3-16(36)24(43)17(37)4-11/h1-8,22,27-28,33-45H,9H2/t22-,27-,28-,33+/m1/s1. The van der Waals surface area contributed by atoms with Gasteiger partial charge in [-0.15, -0.1) is 0 Å². The second-order valence-electron chi connectivity index (χ2n) is 11.2. The summed E-state index contributed by atoms with van der Waals surface area (Å²) in [5.74, 6) is -17.9. The van der Waals surface area contributed by atoms with Crippen molar-refractivity contribution in [3.63, 3.8) is 0 Å². The van der Waals surface area contributed by atoms with Crippen LogP contribution in [0.5, 0.6) is 69.0 Å². The molecule has 0 bridgehead atoms. The van der Waals surface area contributed by atoms with Crippen molar-refractivity contribution in [2.45, 2.75) is 24.6 Å². The summed E-state index contributed by atoms with van der Waals surface area (Å²) >= 11 is 0. The van der Waals surface area contributed by atoms with Gasteiger partial charge in [0.1, 0.15) is 0 Å². The van der Waals surface area contributed by atoms with E-state index in [1.807, 2.05) is 0 Å². The van der Waals surface area contributed by atoms with E-state index in [1.54, 1.807) is 0 Å². The predicted octanol–water partition coefficient (Wildman–Crippen LogP) is 1.34. The van der Waals surface area contributed by atoms with Crippen molar-refractivity contribution in [1.29, 1.82) is 0 Å². The lowest BCUT2D eigenvalue weighted by Gasteiger charge is -2.40. The molecule has 0 unspecified atom stereocenters. The first-order valence-corrected chi connectivity index (χ1v) is 14.8. The molecule has 4 atom stereocenters. The maximum Gasteiger partial charge on any atom is 0.340 e. The quantitative estimate of drug-likeness (QED) is 0.0685. The Morgan fingerprint density at radius 1 is 0.407 bits per heavy atom. The highest BCUT2D eigenvalue weighted by Gasteiger charge is 2.50. The summed E-state index contributed by atoms with van der Waals surface area (Å²) in [7, 11) is 0. The molecule has 1 fully saturated rings. The number of hydrogen-bond acceptors (Lipinski definition) is 21. The van der Waals surface area contributed by atoms with E-state index in [1.165, 1.54) is 0 Å². The largest absolute Gasteiger partial charge is 0.504 e. The van der Waals surface area contributed by atoms with Gasteiger partial charge < -0.3 is 85.0 Å². The van der Waals surface area contributed by atoms with Gasteiger partial charge in [-0.3, -0.25) is 0 Å². The molecule has 1 aliphatic rings. The van der Waals surface area contributed by atoms with Gasteiger partial charge in [0.25, 0.3) is 0 Å². The van der Waals surface area contributed by atoms with Crippen LogP contribution in [0.2, 0.25) is 0 Å². The van der Waals surface area contributed by atoms with Gasteiger partial charge in [-0.1, -0.05) is 0 Å². The summed E-state index contributed by atoms with van der Waals surface area (Å²) < 4.78 is 27.1. The minimum atomic E-state index is -2.25. The zero-order chi connectivity index (χ0) is 39.8. The van der Waals surface area contributed by atoms with Crippen LogP contribution in [0.15, 0.2) is 48.5 Å². The zero-order valence-corrected chi connectivity index (χ0v) is 26.7. The number of hydrogen-bond donors (Lipinski definition) is 12. The summed E-state index contributed by atoms with van der Waals surface area (Å²) in [5, 5.41) is 118. The molecule has 1 saturated heterocycles. The maximum absolute atomic E-state index is 13.4. The Bertz CT molecular complexity index is 1930. The fraction of sp³-hybridized carbons (Fsp3) is 0.152. The van der Waals surface area contributed by atoms with Gasteiger partial charge >= 0.3 is 23.9 Å². The zero-order valence-electron chi connectivity index (χ0n) is 26.7. The molecule has 54 heavy (non-hydrogen) atoms. The molecule has 21 nitrogen and oxygen atoms in total. The predicted molar refractivity (Wildman–Crippen MR) is 169 cm³/mol. The van der Waals surface area contributed by atoms with Gasteiger partial charge in [0, 0.05) is 0 Å². The van der Waals surface area contributed by atoms with Crippen molar-refractivity contribution in [3.05, 3.63) is 70.8 Å². The molecule has 0 radical (unpaired) electrons. The van der Waals surface area contributed by atoms with Crippen LogP contribution in [-0.2, 0) is 23.7 Å². The van der Waals surface area contributed by atoms with Crippen LogP contribution in [0.25, 0.3) is 0 Å². The molecule has 4 aromatic rings. The first-order valence-electron chi connectivity index (χ1n) is 14.8. The third-order valence-electron chi connectivity index (χ3n) is 7.57. The van der Waals surface area contributed by atoms with Gasteiger partial charge in [0.15, 0.2) is 81.2 Å². The van der Waals surface area contributed by atoms with Crippen LogP contribution in [0.4, 0.5) is 0 Å². The lowest BCUT2D eigenvalue weighted by atomic mass is 10.0. The molecule has 0 amide bonds. The Balaban J connectivity index is 1.58. The van der Waals surface area contributed by atoms with Gasteiger partial charge in [0.2, 0.25) is 12.4 Å². The highest BCUT2D eigenvalue weighted by molar-refractivity contribution is 5.94. The Morgan fingerprint density at radius 3 is 0.981 bits per heavy atom. The number of ether oxygens (including phenoxy) is 5. The third kappa shape index (κ3) is 7.50. The first kappa shape index (κ1) is 37.6. The van der Waals surface area contributed by atoms with Crippen LogP contribution >= 0.6 is 0 Å². The van der Waals surface area contributed by atoms with E-state index >= 15 is 0 Å². The van der Waals surface area contributed by atoms with E-state index < -0.39 is 146 Å². The molecule has 21 heteroatoms. The van der Waals surface area contributed by atoms with E-state index in [0.717, 1.165) is 0 Å². The van der Waals surface area contributed by atoms with Gasteiger partial charge in [-0.25, -0.2) is 19.2 Å². The minimum Gasteiger partial charge on any atom is -0.504 e. The molecule has 12 N–H and O–H groups in total. The van der Waals surface area contributed by atoms with Crippen LogP contribution in [-0.4, -0.2) is 116 Å². The third-order valence-corrected chi connectivity index (χ3v) is 7.57. The number of carbonyl (C=O) groups excluding carboxylic acids is 4. The van der Waals surface area contributed by atoms with Crippen molar-refractivity contribution in [2.24, 2.45) is 0 Å². The summed E-state index contributed by atoms with van der Waals surface area (Å²) in [4.78, 5) is 53.2. The fourth-order valence-corrected chi connectivity index (χ4v) is 4.86. The van der Waals surface area contributed by atoms with Crippen LogP contribution in [0.3, 0.4) is 0 Å². The Kier molecular flexibility index (Phi) is 10.1. The second-order valence-corrected chi connectivity index (χ2v) is 11.2.